The fourth-order valence-corrected chi connectivity index (χ4v) is 2.29. The highest BCUT2D eigenvalue weighted by molar-refractivity contribution is 6.42. The molecule has 1 heterocycles. The molecule has 114 valence electrons. The van der Waals surface area contributed by atoms with Gasteiger partial charge in [0.1, 0.15) is 11.3 Å². The molecule has 0 aliphatic rings. The number of benzene rings is 2. The number of rotatable bonds is 6. The maximum absolute atomic E-state index is 5.93. The smallest absolute Gasteiger partial charge is 0.158 e. The summed E-state index contributed by atoms with van der Waals surface area (Å²) < 4.78 is 10.3. The third kappa shape index (κ3) is 3.43. The van der Waals surface area contributed by atoms with Gasteiger partial charge in [-0.1, -0.05) is 29.3 Å². The Hall–Kier alpha value is -1.98. The lowest BCUT2D eigenvalue weighted by molar-refractivity contribution is 0.314. The number of nitrogens with zero attached hydrogens (tertiary/aromatic N) is 2. The minimum Gasteiger partial charge on any atom is -0.493 e. The molecule has 1 aromatic heterocycles. The average Bonchev–Trinajstić information content (AvgIpc) is 3.00. The van der Waals surface area contributed by atoms with Crippen LogP contribution in [0, 0.1) is 0 Å². The fourth-order valence-electron chi connectivity index (χ4n) is 2.00. The Morgan fingerprint density at radius 2 is 2.00 bits per heavy atom. The van der Waals surface area contributed by atoms with Gasteiger partial charge in [0.2, 0.25) is 0 Å². The van der Waals surface area contributed by atoms with E-state index >= 15 is 0 Å². The molecule has 0 saturated heterocycles. The SMILES string of the molecule is Clc1ccc(OCCCNc2cccc3nonc23)cc1Cl. The van der Waals surface area contributed by atoms with E-state index in [2.05, 4.69) is 15.6 Å². The molecule has 3 aromatic rings. The molecule has 0 spiro atoms. The first-order chi connectivity index (χ1) is 10.7. The number of hydrogen-bond acceptors (Lipinski definition) is 5. The Labute approximate surface area is 137 Å². The third-order valence-electron chi connectivity index (χ3n) is 3.08. The first-order valence-electron chi connectivity index (χ1n) is 6.77. The van der Waals surface area contributed by atoms with Crippen LogP contribution in [0.15, 0.2) is 41.0 Å². The van der Waals surface area contributed by atoms with Crippen LogP contribution in [-0.4, -0.2) is 23.5 Å². The third-order valence-corrected chi connectivity index (χ3v) is 3.82. The van der Waals surface area contributed by atoms with Crippen molar-refractivity contribution in [2.24, 2.45) is 0 Å². The van der Waals surface area contributed by atoms with Crippen LogP contribution in [0.5, 0.6) is 5.75 Å². The van der Waals surface area contributed by atoms with Crippen molar-refractivity contribution in [2.75, 3.05) is 18.5 Å². The van der Waals surface area contributed by atoms with Crippen molar-refractivity contribution in [1.82, 2.24) is 10.3 Å². The second kappa shape index (κ2) is 6.85. The number of aromatic nitrogens is 2. The summed E-state index contributed by atoms with van der Waals surface area (Å²) in [5.41, 5.74) is 2.36. The van der Waals surface area contributed by atoms with E-state index in [1.807, 2.05) is 18.2 Å². The number of anilines is 1. The molecule has 0 aliphatic heterocycles. The normalized spacial score (nSPS) is 10.8. The summed E-state index contributed by atoms with van der Waals surface area (Å²) in [6, 6.07) is 10.9. The van der Waals surface area contributed by atoms with Gasteiger partial charge in [0.15, 0.2) is 5.52 Å². The van der Waals surface area contributed by atoms with Crippen LogP contribution >= 0.6 is 23.2 Å². The molecular formula is C15H13Cl2N3O2. The molecule has 22 heavy (non-hydrogen) atoms. The van der Waals surface area contributed by atoms with Gasteiger partial charge in [0.05, 0.1) is 22.3 Å². The van der Waals surface area contributed by atoms with Crippen LogP contribution in [0.2, 0.25) is 10.0 Å². The van der Waals surface area contributed by atoms with Crippen molar-refractivity contribution < 1.29 is 9.37 Å². The highest BCUT2D eigenvalue weighted by Gasteiger charge is 2.05. The van der Waals surface area contributed by atoms with E-state index in [-0.39, 0.29) is 0 Å². The zero-order chi connectivity index (χ0) is 15.4. The van der Waals surface area contributed by atoms with E-state index in [4.69, 9.17) is 32.6 Å². The van der Waals surface area contributed by atoms with E-state index in [0.717, 1.165) is 29.7 Å². The predicted molar refractivity (Wildman–Crippen MR) is 86.9 cm³/mol. The van der Waals surface area contributed by atoms with Gasteiger partial charge in [-0.2, -0.15) is 0 Å². The average molecular weight is 338 g/mol. The van der Waals surface area contributed by atoms with Gasteiger partial charge in [0, 0.05) is 12.6 Å². The van der Waals surface area contributed by atoms with Crippen LogP contribution in [0.25, 0.3) is 11.0 Å². The lowest BCUT2D eigenvalue weighted by Gasteiger charge is -2.08. The molecule has 1 N–H and O–H groups in total. The molecular weight excluding hydrogens is 325 g/mol. The number of ether oxygens (including phenoxy) is 1. The number of hydrogen-bond donors (Lipinski definition) is 1. The maximum Gasteiger partial charge on any atom is 0.158 e. The lowest BCUT2D eigenvalue weighted by atomic mass is 10.2. The molecule has 0 bridgehead atoms. The summed E-state index contributed by atoms with van der Waals surface area (Å²) in [7, 11) is 0. The first-order valence-corrected chi connectivity index (χ1v) is 7.52. The summed E-state index contributed by atoms with van der Waals surface area (Å²) in [5, 5.41) is 12.0. The molecule has 0 saturated carbocycles. The summed E-state index contributed by atoms with van der Waals surface area (Å²) in [4.78, 5) is 0. The van der Waals surface area contributed by atoms with Crippen molar-refractivity contribution >= 4 is 39.9 Å². The predicted octanol–water partition coefficient (Wildman–Crippen LogP) is 4.41. The van der Waals surface area contributed by atoms with Crippen molar-refractivity contribution in [3.63, 3.8) is 0 Å². The van der Waals surface area contributed by atoms with Gasteiger partial charge in [-0.25, -0.2) is 4.63 Å². The van der Waals surface area contributed by atoms with E-state index in [0.29, 0.717) is 22.4 Å². The van der Waals surface area contributed by atoms with Gasteiger partial charge in [-0.3, -0.25) is 0 Å². The minimum absolute atomic E-state index is 0.488. The van der Waals surface area contributed by atoms with Crippen LogP contribution in [-0.2, 0) is 0 Å². The zero-order valence-electron chi connectivity index (χ0n) is 11.6. The largest absolute Gasteiger partial charge is 0.493 e. The second-order valence-electron chi connectivity index (χ2n) is 4.64. The highest BCUT2D eigenvalue weighted by atomic mass is 35.5. The van der Waals surface area contributed by atoms with Crippen molar-refractivity contribution in [3.8, 4) is 5.75 Å². The highest BCUT2D eigenvalue weighted by Crippen LogP contribution is 2.26. The van der Waals surface area contributed by atoms with Gasteiger partial charge < -0.3 is 10.1 Å². The van der Waals surface area contributed by atoms with Gasteiger partial charge >= 0.3 is 0 Å². The summed E-state index contributed by atoms with van der Waals surface area (Å²) >= 11 is 11.8. The Morgan fingerprint density at radius 1 is 1.09 bits per heavy atom. The van der Waals surface area contributed by atoms with Gasteiger partial charge in [-0.15, -0.1) is 0 Å². The fraction of sp³-hybridized carbons (Fsp3) is 0.200. The Morgan fingerprint density at radius 3 is 2.86 bits per heavy atom. The van der Waals surface area contributed by atoms with Crippen LogP contribution in [0.1, 0.15) is 6.42 Å². The topological polar surface area (TPSA) is 60.2 Å². The summed E-state index contributed by atoms with van der Waals surface area (Å²) in [6.07, 6.45) is 0.821. The van der Waals surface area contributed by atoms with Gasteiger partial charge in [-0.05, 0) is 41.0 Å². The number of halogens is 2. The Kier molecular flexibility index (Phi) is 4.65. The Balaban J connectivity index is 1.47. The van der Waals surface area contributed by atoms with Crippen LogP contribution in [0.4, 0.5) is 5.69 Å². The molecule has 0 radical (unpaired) electrons. The quantitative estimate of drug-likeness (QED) is 0.675. The van der Waals surface area contributed by atoms with Crippen LogP contribution in [0.3, 0.4) is 0 Å². The zero-order valence-corrected chi connectivity index (χ0v) is 13.1. The molecule has 3 rings (SSSR count). The lowest BCUT2D eigenvalue weighted by Crippen LogP contribution is -2.07. The molecule has 0 atom stereocenters. The minimum atomic E-state index is 0.488. The molecule has 0 amide bonds. The van der Waals surface area contributed by atoms with E-state index in [1.54, 1.807) is 18.2 Å². The maximum atomic E-state index is 5.93. The monoisotopic (exact) mass is 337 g/mol. The standard InChI is InChI=1S/C15H13Cl2N3O2/c16-11-6-5-10(9-12(11)17)21-8-2-7-18-13-3-1-4-14-15(13)20-22-19-14/h1,3-6,9,18H,2,7-8H2. The van der Waals surface area contributed by atoms with Crippen molar-refractivity contribution in [1.29, 1.82) is 0 Å². The van der Waals surface area contributed by atoms with E-state index in [9.17, 15) is 0 Å². The number of fused-ring (bicyclic) bond motifs is 1. The van der Waals surface area contributed by atoms with Gasteiger partial charge in [0.25, 0.3) is 0 Å². The van der Waals surface area contributed by atoms with Crippen molar-refractivity contribution in [2.45, 2.75) is 6.42 Å². The molecule has 0 unspecified atom stereocenters. The molecule has 2 aromatic carbocycles. The number of nitrogens with one attached hydrogen (secondary N) is 1. The summed E-state index contributed by atoms with van der Waals surface area (Å²) in [5.74, 6) is 0.706. The molecule has 0 aliphatic carbocycles. The van der Waals surface area contributed by atoms with Crippen molar-refractivity contribution in [3.05, 3.63) is 46.4 Å². The molecule has 5 nitrogen and oxygen atoms in total. The van der Waals surface area contributed by atoms with E-state index < -0.39 is 0 Å². The van der Waals surface area contributed by atoms with Crippen LogP contribution < -0.4 is 10.1 Å². The first kappa shape index (κ1) is 14.9. The van der Waals surface area contributed by atoms with E-state index in [1.165, 1.54) is 0 Å². The molecule has 7 heteroatoms. The second-order valence-corrected chi connectivity index (χ2v) is 5.46. The Bertz CT molecular complexity index is 776. The molecule has 0 fully saturated rings. The summed E-state index contributed by atoms with van der Waals surface area (Å²) in [6.45, 7) is 1.31.